The van der Waals surface area contributed by atoms with E-state index in [1.54, 1.807) is 18.7 Å². The Balaban J connectivity index is 1.86. The van der Waals surface area contributed by atoms with E-state index in [1.807, 2.05) is 13.0 Å². The molecule has 0 spiro atoms. The average Bonchev–Trinajstić information content (AvgIpc) is 3.33. The van der Waals surface area contributed by atoms with Crippen molar-refractivity contribution in [2.75, 3.05) is 17.8 Å². The van der Waals surface area contributed by atoms with Crippen LogP contribution < -0.4 is 4.72 Å². The topological polar surface area (TPSA) is 79.6 Å². The van der Waals surface area contributed by atoms with Crippen LogP contribution in [0.4, 0.5) is 10.1 Å². The van der Waals surface area contributed by atoms with Gasteiger partial charge in [-0.1, -0.05) is 0 Å². The van der Waals surface area contributed by atoms with Crippen LogP contribution in [-0.4, -0.2) is 32.3 Å². The predicted molar refractivity (Wildman–Crippen MR) is 113 cm³/mol. The monoisotopic (exact) mass is 430 g/mol. The number of benzene rings is 2. The molecule has 1 aromatic heterocycles. The second-order valence-electron chi connectivity index (χ2n) is 7.69. The molecule has 2 aromatic carbocycles. The van der Waals surface area contributed by atoms with E-state index in [0.29, 0.717) is 29.6 Å². The van der Waals surface area contributed by atoms with Crippen LogP contribution in [0.25, 0.3) is 11.0 Å². The number of carbonyl (C=O) groups is 1. The SMILES string of the molecule is Cc1cc2c(C)c(C(=O)N3CCCC3)oc2c(S(=O)(=O)Nc2ccc(F)cc2)c1C. The first-order chi connectivity index (χ1) is 14.2. The van der Waals surface area contributed by atoms with Crippen molar-refractivity contribution in [1.82, 2.24) is 4.90 Å². The zero-order chi connectivity index (χ0) is 21.6. The molecule has 3 aromatic rings. The van der Waals surface area contributed by atoms with E-state index in [4.69, 9.17) is 4.42 Å². The molecule has 0 bridgehead atoms. The molecule has 1 N–H and O–H groups in total. The Bertz CT molecular complexity index is 1240. The number of hydrogen-bond donors (Lipinski definition) is 1. The van der Waals surface area contributed by atoms with Gasteiger partial charge in [0.15, 0.2) is 11.3 Å². The lowest BCUT2D eigenvalue weighted by Crippen LogP contribution is -2.27. The third-order valence-corrected chi connectivity index (χ3v) is 7.18. The summed E-state index contributed by atoms with van der Waals surface area (Å²) < 4.78 is 48.1. The van der Waals surface area contributed by atoms with Crippen LogP contribution in [0.1, 0.15) is 40.1 Å². The maximum absolute atomic E-state index is 13.3. The van der Waals surface area contributed by atoms with Crippen molar-refractivity contribution in [1.29, 1.82) is 0 Å². The average molecular weight is 431 g/mol. The maximum Gasteiger partial charge on any atom is 0.289 e. The van der Waals surface area contributed by atoms with Crippen LogP contribution in [0.15, 0.2) is 39.6 Å². The van der Waals surface area contributed by atoms with E-state index in [1.165, 1.54) is 24.3 Å². The van der Waals surface area contributed by atoms with E-state index < -0.39 is 15.8 Å². The molecule has 1 saturated heterocycles. The van der Waals surface area contributed by atoms with Crippen LogP contribution in [0.2, 0.25) is 0 Å². The highest BCUT2D eigenvalue weighted by molar-refractivity contribution is 7.93. The summed E-state index contributed by atoms with van der Waals surface area (Å²) in [6.45, 7) is 6.64. The third-order valence-electron chi connectivity index (χ3n) is 5.65. The second kappa shape index (κ2) is 7.43. The highest BCUT2D eigenvalue weighted by atomic mass is 32.2. The number of halogens is 1. The van der Waals surface area contributed by atoms with Gasteiger partial charge in [-0.3, -0.25) is 9.52 Å². The first-order valence-corrected chi connectivity index (χ1v) is 11.3. The van der Waals surface area contributed by atoms with E-state index in [0.717, 1.165) is 18.4 Å². The van der Waals surface area contributed by atoms with Gasteiger partial charge in [0.1, 0.15) is 10.7 Å². The van der Waals surface area contributed by atoms with E-state index in [-0.39, 0.29) is 27.8 Å². The number of aryl methyl sites for hydroxylation is 2. The van der Waals surface area contributed by atoms with E-state index >= 15 is 0 Å². The van der Waals surface area contributed by atoms with Gasteiger partial charge in [0, 0.05) is 29.7 Å². The van der Waals surface area contributed by atoms with Crippen LogP contribution in [-0.2, 0) is 10.0 Å². The van der Waals surface area contributed by atoms with Crippen LogP contribution in [0, 0.1) is 26.6 Å². The van der Waals surface area contributed by atoms with Gasteiger partial charge in [-0.05, 0) is 75.1 Å². The molecule has 0 atom stereocenters. The predicted octanol–water partition coefficient (Wildman–Crippen LogP) is 4.53. The lowest BCUT2D eigenvalue weighted by Gasteiger charge is -2.13. The molecule has 1 aliphatic heterocycles. The molecule has 2 heterocycles. The van der Waals surface area contributed by atoms with Gasteiger partial charge >= 0.3 is 0 Å². The molecular formula is C22H23FN2O4S. The zero-order valence-corrected chi connectivity index (χ0v) is 17.9. The van der Waals surface area contributed by atoms with Gasteiger partial charge in [0.25, 0.3) is 15.9 Å². The second-order valence-corrected chi connectivity index (χ2v) is 9.31. The van der Waals surface area contributed by atoms with E-state index in [2.05, 4.69) is 4.72 Å². The molecule has 6 nitrogen and oxygen atoms in total. The fourth-order valence-corrected chi connectivity index (χ4v) is 5.37. The normalized spacial score (nSPS) is 14.5. The zero-order valence-electron chi connectivity index (χ0n) is 17.1. The van der Waals surface area contributed by atoms with Crippen molar-refractivity contribution < 1.29 is 22.0 Å². The quantitative estimate of drug-likeness (QED) is 0.659. The Morgan fingerprint density at radius 2 is 1.70 bits per heavy atom. The Hall–Kier alpha value is -2.87. The Morgan fingerprint density at radius 1 is 1.07 bits per heavy atom. The minimum Gasteiger partial charge on any atom is -0.449 e. The molecular weight excluding hydrogens is 407 g/mol. The molecule has 1 aliphatic rings. The van der Waals surface area contributed by atoms with Gasteiger partial charge in [0.05, 0.1) is 0 Å². The van der Waals surface area contributed by atoms with Crippen molar-refractivity contribution in [3.05, 3.63) is 58.6 Å². The Kier molecular flexibility index (Phi) is 5.05. The summed E-state index contributed by atoms with van der Waals surface area (Å²) in [5, 5.41) is 0.597. The van der Waals surface area contributed by atoms with Crippen molar-refractivity contribution in [2.45, 2.75) is 38.5 Å². The van der Waals surface area contributed by atoms with Crippen LogP contribution in [0.5, 0.6) is 0 Å². The summed E-state index contributed by atoms with van der Waals surface area (Å²) in [5.41, 5.74) is 2.33. The first kappa shape index (κ1) is 20.4. The number of nitrogens with one attached hydrogen (secondary N) is 1. The number of amides is 1. The Labute approximate surface area is 174 Å². The Morgan fingerprint density at radius 3 is 2.33 bits per heavy atom. The largest absolute Gasteiger partial charge is 0.449 e. The molecule has 158 valence electrons. The number of nitrogens with zero attached hydrogens (tertiary/aromatic N) is 1. The minimum absolute atomic E-state index is 0.00889. The van der Waals surface area contributed by atoms with Crippen molar-refractivity contribution >= 4 is 32.6 Å². The lowest BCUT2D eigenvalue weighted by molar-refractivity contribution is 0.0762. The summed E-state index contributed by atoms with van der Waals surface area (Å²) >= 11 is 0. The third kappa shape index (κ3) is 3.45. The number of carbonyl (C=O) groups excluding carboxylic acids is 1. The molecule has 1 fully saturated rings. The van der Waals surface area contributed by atoms with Gasteiger partial charge in [-0.25, -0.2) is 12.8 Å². The fraction of sp³-hybridized carbons (Fsp3) is 0.318. The van der Waals surface area contributed by atoms with Crippen molar-refractivity contribution in [3.63, 3.8) is 0 Å². The molecule has 8 heteroatoms. The summed E-state index contributed by atoms with van der Waals surface area (Å²) in [6, 6.07) is 6.91. The summed E-state index contributed by atoms with van der Waals surface area (Å²) in [6.07, 6.45) is 1.90. The lowest BCUT2D eigenvalue weighted by atomic mass is 10.0. The molecule has 0 saturated carbocycles. The number of likely N-dealkylation sites (tertiary alicyclic amines) is 1. The molecule has 0 aliphatic carbocycles. The number of hydrogen-bond acceptors (Lipinski definition) is 4. The van der Waals surface area contributed by atoms with E-state index in [9.17, 15) is 17.6 Å². The van der Waals surface area contributed by atoms with Gasteiger partial charge in [0.2, 0.25) is 0 Å². The van der Waals surface area contributed by atoms with Gasteiger partial charge in [-0.15, -0.1) is 0 Å². The maximum atomic E-state index is 13.3. The standard InChI is InChI=1S/C22H23FN2O4S/c1-13-12-18-15(3)19(22(26)25-10-4-5-11-25)29-20(18)21(14(13)2)30(27,28)24-17-8-6-16(23)7-9-17/h6-9,12,24H,4-5,10-11H2,1-3H3. The number of sulfonamides is 1. The summed E-state index contributed by atoms with van der Waals surface area (Å²) in [4.78, 5) is 14.6. The summed E-state index contributed by atoms with van der Waals surface area (Å²) in [5.74, 6) is -0.500. The molecule has 0 radical (unpaired) electrons. The minimum atomic E-state index is -4.05. The smallest absolute Gasteiger partial charge is 0.289 e. The van der Waals surface area contributed by atoms with Crippen LogP contribution >= 0.6 is 0 Å². The molecule has 1 amide bonds. The van der Waals surface area contributed by atoms with Gasteiger partial charge in [-0.2, -0.15) is 0 Å². The van der Waals surface area contributed by atoms with Crippen molar-refractivity contribution in [3.8, 4) is 0 Å². The number of anilines is 1. The number of fused-ring (bicyclic) bond motifs is 1. The molecule has 4 rings (SSSR count). The summed E-state index contributed by atoms with van der Waals surface area (Å²) in [7, 11) is -4.05. The number of rotatable bonds is 4. The van der Waals surface area contributed by atoms with Crippen LogP contribution in [0.3, 0.4) is 0 Å². The first-order valence-electron chi connectivity index (χ1n) is 9.80. The van der Waals surface area contributed by atoms with Crippen molar-refractivity contribution in [2.24, 2.45) is 0 Å². The highest BCUT2D eigenvalue weighted by Gasteiger charge is 2.30. The fourth-order valence-electron chi connectivity index (χ4n) is 3.86. The highest BCUT2D eigenvalue weighted by Crippen LogP contribution is 2.36. The molecule has 0 unspecified atom stereocenters. The molecule has 30 heavy (non-hydrogen) atoms. The number of furan rings is 1. The van der Waals surface area contributed by atoms with Gasteiger partial charge < -0.3 is 9.32 Å².